The van der Waals surface area contributed by atoms with Crippen molar-refractivity contribution in [2.45, 2.75) is 19.1 Å². The highest BCUT2D eigenvalue weighted by molar-refractivity contribution is 5.94. The highest BCUT2D eigenvalue weighted by atomic mass is 16.5. The highest BCUT2D eigenvalue weighted by Crippen LogP contribution is 2.28. The lowest BCUT2D eigenvalue weighted by Crippen LogP contribution is -2.36. The molecule has 6 nitrogen and oxygen atoms in total. The molecule has 0 aliphatic heterocycles. The zero-order chi connectivity index (χ0) is 26.7. The molecule has 0 saturated heterocycles. The lowest BCUT2D eigenvalue weighted by Gasteiger charge is -2.26. The second-order valence-corrected chi connectivity index (χ2v) is 8.92. The van der Waals surface area contributed by atoms with Gasteiger partial charge in [-0.15, -0.1) is 0 Å². The van der Waals surface area contributed by atoms with Crippen LogP contribution in [0.1, 0.15) is 33.2 Å². The molecule has 4 aromatic rings. The Morgan fingerprint density at radius 1 is 0.789 bits per heavy atom. The molecule has 0 bridgehead atoms. The Bertz CT molecular complexity index is 1290. The van der Waals surface area contributed by atoms with Crippen molar-refractivity contribution < 1.29 is 24.1 Å². The number of carbonyl (C=O) groups is 1. The van der Waals surface area contributed by atoms with Crippen LogP contribution in [0.2, 0.25) is 0 Å². The summed E-state index contributed by atoms with van der Waals surface area (Å²) >= 11 is 0. The van der Waals surface area contributed by atoms with Crippen molar-refractivity contribution in [1.29, 1.82) is 0 Å². The maximum atomic E-state index is 13.4. The van der Waals surface area contributed by atoms with Crippen molar-refractivity contribution in [2.75, 3.05) is 27.3 Å². The number of amides is 1. The fraction of sp³-hybridized carbons (Fsp3) is 0.219. The van der Waals surface area contributed by atoms with Gasteiger partial charge in [-0.1, -0.05) is 66.7 Å². The van der Waals surface area contributed by atoms with Gasteiger partial charge in [-0.3, -0.25) is 4.79 Å². The molecular weight excluding hydrogens is 478 g/mol. The molecule has 0 aliphatic rings. The molecular formula is C32H33NO5. The number of benzene rings is 4. The average molecular weight is 512 g/mol. The summed E-state index contributed by atoms with van der Waals surface area (Å²) < 4.78 is 16.6. The van der Waals surface area contributed by atoms with Gasteiger partial charge in [0.2, 0.25) is 0 Å². The van der Waals surface area contributed by atoms with E-state index >= 15 is 0 Å². The number of carbonyl (C=O) groups excluding carboxylic acids is 1. The first-order valence-electron chi connectivity index (χ1n) is 12.6. The van der Waals surface area contributed by atoms with E-state index in [1.54, 1.807) is 31.3 Å². The molecule has 4 rings (SSSR count). The number of hydrogen-bond donors (Lipinski definition) is 1. The Balaban J connectivity index is 1.44. The second kappa shape index (κ2) is 13.3. The van der Waals surface area contributed by atoms with Crippen LogP contribution >= 0.6 is 0 Å². The third-order valence-corrected chi connectivity index (χ3v) is 6.33. The van der Waals surface area contributed by atoms with Crippen molar-refractivity contribution in [3.8, 4) is 17.2 Å². The molecule has 0 unspecified atom stereocenters. The molecule has 1 amide bonds. The Labute approximate surface area is 224 Å². The molecule has 0 aromatic heterocycles. The van der Waals surface area contributed by atoms with E-state index in [-0.39, 0.29) is 12.5 Å². The number of rotatable bonds is 12. The number of methoxy groups -OCH3 is 2. The summed E-state index contributed by atoms with van der Waals surface area (Å²) in [7, 11) is 3.20. The fourth-order valence-electron chi connectivity index (χ4n) is 4.18. The summed E-state index contributed by atoms with van der Waals surface area (Å²) in [6, 6.07) is 32.2. The van der Waals surface area contributed by atoms with E-state index in [4.69, 9.17) is 14.2 Å². The zero-order valence-corrected chi connectivity index (χ0v) is 21.7. The van der Waals surface area contributed by atoms with E-state index in [2.05, 4.69) is 0 Å². The van der Waals surface area contributed by atoms with E-state index in [1.807, 2.05) is 91.0 Å². The predicted molar refractivity (Wildman–Crippen MR) is 148 cm³/mol. The minimum absolute atomic E-state index is 0.132. The molecule has 196 valence electrons. The first-order valence-corrected chi connectivity index (χ1v) is 12.6. The van der Waals surface area contributed by atoms with Gasteiger partial charge >= 0.3 is 0 Å². The Hall–Kier alpha value is -4.29. The maximum absolute atomic E-state index is 13.4. The van der Waals surface area contributed by atoms with Crippen molar-refractivity contribution in [2.24, 2.45) is 0 Å². The van der Waals surface area contributed by atoms with E-state index in [1.165, 1.54) is 0 Å². The van der Waals surface area contributed by atoms with Crippen molar-refractivity contribution >= 4 is 5.91 Å². The monoisotopic (exact) mass is 511 g/mol. The SMILES string of the molecule is COc1ccc(CCN(C[C@@H](O)c2ccc(OCc3ccccc3)cc2)C(=O)c2ccccc2)cc1OC. The summed E-state index contributed by atoms with van der Waals surface area (Å²) in [4.78, 5) is 15.1. The van der Waals surface area contributed by atoms with Gasteiger partial charge in [0.15, 0.2) is 11.5 Å². The summed E-state index contributed by atoms with van der Waals surface area (Å²) in [5.74, 6) is 1.88. The normalized spacial score (nSPS) is 11.4. The number of nitrogens with zero attached hydrogens (tertiary/aromatic N) is 1. The summed E-state index contributed by atoms with van der Waals surface area (Å²) in [5, 5.41) is 11.1. The second-order valence-electron chi connectivity index (χ2n) is 8.92. The molecule has 0 radical (unpaired) electrons. The quantitative estimate of drug-likeness (QED) is 0.264. The predicted octanol–water partition coefficient (Wildman–Crippen LogP) is 5.70. The Morgan fingerprint density at radius 3 is 2.11 bits per heavy atom. The minimum Gasteiger partial charge on any atom is -0.493 e. The van der Waals surface area contributed by atoms with Crippen LogP contribution in [0.25, 0.3) is 0 Å². The lowest BCUT2D eigenvalue weighted by molar-refractivity contribution is 0.0624. The number of ether oxygens (including phenoxy) is 3. The van der Waals surface area contributed by atoms with Crippen LogP contribution in [0.3, 0.4) is 0 Å². The molecule has 1 atom stereocenters. The van der Waals surface area contributed by atoms with Gasteiger partial charge in [-0.05, 0) is 59.5 Å². The Morgan fingerprint density at radius 2 is 1.45 bits per heavy atom. The van der Waals surface area contributed by atoms with Gasteiger partial charge < -0.3 is 24.2 Å². The molecule has 4 aromatic carbocycles. The first-order chi connectivity index (χ1) is 18.6. The van der Waals surface area contributed by atoms with Crippen LogP contribution in [-0.2, 0) is 13.0 Å². The van der Waals surface area contributed by atoms with Gasteiger partial charge in [0.05, 0.1) is 26.9 Å². The van der Waals surface area contributed by atoms with Gasteiger partial charge in [-0.2, -0.15) is 0 Å². The van der Waals surface area contributed by atoms with Gasteiger partial charge in [0, 0.05) is 12.1 Å². The van der Waals surface area contributed by atoms with Crippen molar-refractivity contribution in [3.63, 3.8) is 0 Å². The molecule has 0 fully saturated rings. The summed E-state index contributed by atoms with van der Waals surface area (Å²) in [5.41, 5.74) is 3.38. The molecule has 0 aliphatic carbocycles. The number of hydrogen-bond acceptors (Lipinski definition) is 5. The zero-order valence-electron chi connectivity index (χ0n) is 21.7. The first kappa shape index (κ1) is 26.8. The highest BCUT2D eigenvalue weighted by Gasteiger charge is 2.20. The van der Waals surface area contributed by atoms with Crippen LogP contribution in [0.4, 0.5) is 0 Å². The van der Waals surface area contributed by atoms with Gasteiger partial charge in [-0.25, -0.2) is 0 Å². The van der Waals surface area contributed by atoms with Crippen LogP contribution in [-0.4, -0.2) is 43.2 Å². The Kier molecular flexibility index (Phi) is 9.37. The van der Waals surface area contributed by atoms with Gasteiger partial charge in [0.1, 0.15) is 12.4 Å². The smallest absolute Gasteiger partial charge is 0.253 e. The van der Waals surface area contributed by atoms with E-state index < -0.39 is 6.10 Å². The standard InChI is InChI=1S/C32H33NO5/c1-36-30-18-13-24(21-31(30)37-2)19-20-33(32(35)27-11-7-4-8-12-27)22-29(34)26-14-16-28(17-15-26)38-23-25-9-5-3-6-10-25/h3-18,21,29,34H,19-20,22-23H2,1-2H3/t29-/m1/s1. The maximum Gasteiger partial charge on any atom is 0.253 e. The van der Waals surface area contributed by atoms with Crippen molar-refractivity contribution in [3.05, 3.63) is 125 Å². The minimum atomic E-state index is -0.851. The average Bonchev–Trinajstić information content (AvgIpc) is 2.98. The topological polar surface area (TPSA) is 68.2 Å². The largest absolute Gasteiger partial charge is 0.493 e. The third kappa shape index (κ3) is 7.14. The van der Waals surface area contributed by atoms with Crippen LogP contribution in [0, 0.1) is 0 Å². The third-order valence-electron chi connectivity index (χ3n) is 6.33. The number of aliphatic hydroxyl groups is 1. The molecule has 0 saturated carbocycles. The number of aliphatic hydroxyl groups excluding tert-OH is 1. The summed E-state index contributed by atoms with van der Waals surface area (Å²) in [6.07, 6.45) is -0.256. The molecule has 1 N–H and O–H groups in total. The van der Waals surface area contributed by atoms with Gasteiger partial charge in [0.25, 0.3) is 5.91 Å². The fourth-order valence-corrected chi connectivity index (χ4v) is 4.18. The van der Waals surface area contributed by atoms with Crippen LogP contribution in [0.15, 0.2) is 103 Å². The molecule has 0 heterocycles. The van der Waals surface area contributed by atoms with E-state index in [9.17, 15) is 9.90 Å². The molecule has 0 spiro atoms. The van der Waals surface area contributed by atoms with E-state index in [0.29, 0.717) is 42.2 Å². The van der Waals surface area contributed by atoms with Crippen LogP contribution < -0.4 is 14.2 Å². The van der Waals surface area contributed by atoms with E-state index in [0.717, 1.165) is 16.9 Å². The molecule has 38 heavy (non-hydrogen) atoms. The summed E-state index contributed by atoms with van der Waals surface area (Å²) in [6.45, 7) is 1.06. The lowest BCUT2D eigenvalue weighted by atomic mass is 10.1. The van der Waals surface area contributed by atoms with Crippen LogP contribution in [0.5, 0.6) is 17.2 Å². The molecule has 6 heteroatoms. The van der Waals surface area contributed by atoms with Crippen molar-refractivity contribution in [1.82, 2.24) is 4.90 Å².